The van der Waals surface area contributed by atoms with Crippen LogP contribution in [0.3, 0.4) is 0 Å². The van der Waals surface area contributed by atoms with Crippen LogP contribution in [0, 0.1) is 5.92 Å². The van der Waals surface area contributed by atoms with Gasteiger partial charge in [0, 0.05) is 13.2 Å². The molecule has 176 valence electrons. The van der Waals surface area contributed by atoms with E-state index < -0.39 is 8.56 Å². The molecule has 0 N–H and O–H groups in total. The molecule has 0 saturated heterocycles. The Bertz CT molecular complexity index is 316. The molecule has 2 nitrogen and oxygen atoms in total. The third-order valence-corrected chi connectivity index (χ3v) is 9.85. The van der Waals surface area contributed by atoms with Crippen LogP contribution in [0.1, 0.15) is 137 Å². The van der Waals surface area contributed by atoms with Crippen molar-refractivity contribution in [2.24, 2.45) is 5.92 Å². The maximum atomic E-state index is 6.36. The Labute approximate surface area is 186 Å². The summed E-state index contributed by atoms with van der Waals surface area (Å²) >= 11 is 0. The molecule has 3 heteroatoms. The molecule has 0 aromatic carbocycles. The van der Waals surface area contributed by atoms with Crippen molar-refractivity contribution < 1.29 is 8.85 Å². The molecule has 0 aromatic heterocycles. The summed E-state index contributed by atoms with van der Waals surface area (Å²) in [5, 5.41) is 0. The Hall–Kier alpha value is 0.137. The molecule has 29 heavy (non-hydrogen) atoms. The molecule has 0 heterocycles. The molecule has 0 spiro atoms. The van der Waals surface area contributed by atoms with E-state index in [0.717, 1.165) is 31.2 Å². The molecule has 0 aliphatic rings. The van der Waals surface area contributed by atoms with Crippen molar-refractivity contribution in [1.82, 2.24) is 0 Å². The van der Waals surface area contributed by atoms with Gasteiger partial charge in [0.15, 0.2) is 0 Å². The Balaban J connectivity index is 3.51. The summed E-state index contributed by atoms with van der Waals surface area (Å²) in [5.74, 6) is 0.773. The van der Waals surface area contributed by atoms with E-state index in [2.05, 4.69) is 34.6 Å². The smallest absolute Gasteiger partial charge is 0.337 e. The third-order valence-electron chi connectivity index (χ3n) is 6.23. The molecule has 0 radical (unpaired) electrons. The minimum Gasteiger partial charge on any atom is -0.394 e. The van der Waals surface area contributed by atoms with Crippen molar-refractivity contribution in [3.63, 3.8) is 0 Å². The minimum atomic E-state index is -1.92. The zero-order valence-corrected chi connectivity index (χ0v) is 22.0. The van der Waals surface area contributed by atoms with E-state index in [-0.39, 0.29) is 0 Å². The molecule has 0 bridgehead atoms. The lowest BCUT2D eigenvalue weighted by atomic mass is 10.0. The second-order valence-electron chi connectivity index (χ2n) is 9.45. The fraction of sp³-hybridized carbons (Fsp3) is 1.00. The van der Waals surface area contributed by atoms with Gasteiger partial charge in [-0.15, -0.1) is 0 Å². The van der Waals surface area contributed by atoms with Crippen molar-refractivity contribution in [2.45, 2.75) is 149 Å². The normalized spacial score (nSPS) is 12.2. The standard InChI is InChI=1S/C26H56O2Si/c1-6-9-10-11-12-13-14-15-16-17-18-19-20-21-24-27-29(7-2,8-3)28-25-22-23-26(4)5/h26H,6-25H2,1-5H3. The molecule has 0 fully saturated rings. The van der Waals surface area contributed by atoms with Gasteiger partial charge in [-0.25, -0.2) is 0 Å². The SMILES string of the molecule is CCCCCCCCCCCCCCCCO[Si](CC)(CC)OCCCC(C)C. The van der Waals surface area contributed by atoms with Gasteiger partial charge in [0.2, 0.25) is 0 Å². The van der Waals surface area contributed by atoms with E-state index in [9.17, 15) is 0 Å². The summed E-state index contributed by atoms with van der Waals surface area (Å²) in [6.07, 6.45) is 22.1. The summed E-state index contributed by atoms with van der Waals surface area (Å²) in [6, 6.07) is 2.17. The first-order valence-electron chi connectivity index (χ1n) is 13.4. The largest absolute Gasteiger partial charge is 0.394 e. The summed E-state index contributed by atoms with van der Waals surface area (Å²) < 4.78 is 12.7. The van der Waals surface area contributed by atoms with Crippen LogP contribution in [-0.2, 0) is 8.85 Å². The van der Waals surface area contributed by atoms with E-state index in [4.69, 9.17) is 8.85 Å². The lowest BCUT2D eigenvalue weighted by molar-refractivity contribution is 0.161. The number of unbranched alkanes of at least 4 members (excludes halogenated alkanes) is 13. The van der Waals surface area contributed by atoms with Gasteiger partial charge in [-0.2, -0.15) is 0 Å². The van der Waals surface area contributed by atoms with Crippen LogP contribution in [0.4, 0.5) is 0 Å². The van der Waals surface area contributed by atoms with Gasteiger partial charge in [-0.3, -0.25) is 0 Å². The molecule has 0 saturated carbocycles. The van der Waals surface area contributed by atoms with Crippen LogP contribution in [0.25, 0.3) is 0 Å². The Kier molecular flexibility index (Phi) is 21.5. The second kappa shape index (κ2) is 21.4. The fourth-order valence-corrected chi connectivity index (χ4v) is 6.44. The molecular formula is C26H56O2Si. The van der Waals surface area contributed by atoms with E-state index in [1.807, 2.05) is 0 Å². The maximum Gasteiger partial charge on any atom is 0.337 e. The maximum absolute atomic E-state index is 6.36. The Morgan fingerprint density at radius 3 is 1.28 bits per heavy atom. The molecule has 0 aromatic rings. The molecule has 0 aliphatic carbocycles. The average Bonchev–Trinajstić information content (AvgIpc) is 2.72. The first-order valence-corrected chi connectivity index (χ1v) is 15.6. The Morgan fingerprint density at radius 1 is 0.517 bits per heavy atom. The second-order valence-corrected chi connectivity index (χ2v) is 13.3. The van der Waals surface area contributed by atoms with Crippen LogP contribution in [-0.4, -0.2) is 21.8 Å². The summed E-state index contributed by atoms with van der Waals surface area (Å²) in [4.78, 5) is 0. The zero-order chi connectivity index (χ0) is 21.6. The third kappa shape index (κ3) is 18.6. The lowest BCUT2D eigenvalue weighted by Gasteiger charge is -2.29. The van der Waals surface area contributed by atoms with Gasteiger partial charge in [0.25, 0.3) is 0 Å². The quantitative estimate of drug-likeness (QED) is 0.119. The molecule has 0 atom stereocenters. The molecule has 0 unspecified atom stereocenters. The minimum absolute atomic E-state index is 0.773. The van der Waals surface area contributed by atoms with Gasteiger partial charge in [-0.1, -0.05) is 118 Å². The van der Waals surface area contributed by atoms with Crippen molar-refractivity contribution in [3.05, 3.63) is 0 Å². The number of hydrogen-bond acceptors (Lipinski definition) is 2. The number of rotatable bonds is 23. The van der Waals surface area contributed by atoms with Crippen LogP contribution in [0.5, 0.6) is 0 Å². The highest BCUT2D eigenvalue weighted by atomic mass is 28.4. The summed E-state index contributed by atoms with van der Waals surface area (Å²) in [5.41, 5.74) is 0. The van der Waals surface area contributed by atoms with Crippen molar-refractivity contribution in [3.8, 4) is 0 Å². The highest BCUT2D eigenvalue weighted by Gasteiger charge is 2.33. The monoisotopic (exact) mass is 428 g/mol. The van der Waals surface area contributed by atoms with E-state index in [0.29, 0.717) is 0 Å². The average molecular weight is 429 g/mol. The van der Waals surface area contributed by atoms with Crippen LogP contribution >= 0.6 is 0 Å². The Morgan fingerprint density at radius 2 is 0.897 bits per heavy atom. The summed E-state index contributed by atoms with van der Waals surface area (Å²) in [6.45, 7) is 13.2. The molecular weight excluding hydrogens is 372 g/mol. The zero-order valence-electron chi connectivity index (χ0n) is 21.0. The van der Waals surface area contributed by atoms with Gasteiger partial charge >= 0.3 is 8.56 Å². The molecule has 0 rings (SSSR count). The first-order chi connectivity index (χ1) is 14.1. The van der Waals surface area contributed by atoms with E-state index >= 15 is 0 Å². The fourth-order valence-electron chi connectivity index (χ4n) is 4.00. The predicted molar refractivity (Wildman–Crippen MR) is 133 cm³/mol. The van der Waals surface area contributed by atoms with Crippen LogP contribution in [0.15, 0.2) is 0 Å². The first kappa shape index (κ1) is 29.1. The molecule has 0 aliphatic heterocycles. The highest BCUT2D eigenvalue weighted by molar-refractivity contribution is 6.67. The van der Waals surface area contributed by atoms with Gasteiger partial charge in [-0.05, 0) is 37.3 Å². The van der Waals surface area contributed by atoms with Crippen molar-refractivity contribution in [1.29, 1.82) is 0 Å². The number of hydrogen-bond donors (Lipinski definition) is 0. The van der Waals surface area contributed by atoms with Crippen molar-refractivity contribution in [2.75, 3.05) is 13.2 Å². The van der Waals surface area contributed by atoms with E-state index in [1.54, 1.807) is 0 Å². The van der Waals surface area contributed by atoms with E-state index in [1.165, 1.54) is 103 Å². The van der Waals surface area contributed by atoms with Crippen LogP contribution < -0.4 is 0 Å². The highest BCUT2D eigenvalue weighted by Crippen LogP contribution is 2.20. The topological polar surface area (TPSA) is 18.5 Å². The van der Waals surface area contributed by atoms with Gasteiger partial charge in [0.1, 0.15) is 0 Å². The lowest BCUT2D eigenvalue weighted by Crippen LogP contribution is -2.41. The van der Waals surface area contributed by atoms with Gasteiger partial charge < -0.3 is 8.85 Å². The van der Waals surface area contributed by atoms with Crippen LogP contribution in [0.2, 0.25) is 12.1 Å². The summed E-state index contributed by atoms with van der Waals surface area (Å²) in [7, 11) is -1.92. The predicted octanol–water partition coefficient (Wildman–Crippen LogP) is 9.42. The van der Waals surface area contributed by atoms with Gasteiger partial charge in [0.05, 0.1) is 0 Å². The molecule has 0 amide bonds. The van der Waals surface area contributed by atoms with Crippen molar-refractivity contribution >= 4 is 8.56 Å².